The van der Waals surface area contributed by atoms with Crippen LogP contribution < -0.4 is 0 Å². The van der Waals surface area contributed by atoms with Gasteiger partial charge in [-0.25, -0.2) is 0 Å². The third kappa shape index (κ3) is 3.88. The molecule has 0 unspecified atom stereocenters. The highest BCUT2D eigenvalue weighted by Crippen LogP contribution is 2.15. The van der Waals surface area contributed by atoms with Crippen LogP contribution in [0.4, 0.5) is 0 Å². The summed E-state index contributed by atoms with van der Waals surface area (Å²) in [7, 11) is -3.29. The molecule has 1 atom stereocenters. The Labute approximate surface area is 73.5 Å². The molecule has 0 amide bonds. The Morgan fingerprint density at radius 1 is 1.42 bits per heavy atom. The number of hydrogen-bond donors (Lipinski definition) is 0. The first-order valence-electron chi connectivity index (χ1n) is 4.13. The lowest BCUT2D eigenvalue weighted by molar-refractivity contribution is 0.246. The monoisotopic (exact) mass is 190 g/mol. The molecular weight excluding hydrogens is 176 g/mol. The first kappa shape index (κ1) is 9.74. The van der Waals surface area contributed by atoms with E-state index in [1.807, 2.05) is 12.2 Å². The van der Waals surface area contributed by atoms with Gasteiger partial charge in [-0.05, 0) is 19.3 Å². The first-order chi connectivity index (χ1) is 5.58. The van der Waals surface area contributed by atoms with Crippen molar-refractivity contribution in [3.05, 3.63) is 12.2 Å². The first-order valence-corrected chi connectivity index (χ1v) is 5.94. The van der Waals surface area contributed by atoms with Crippen LogP contribution in [0.2, 0.25) is 0 Å². The Morgan fingerprint density at radius 2 is 2.17 bits per heavy atom. The van der Waals surface area contributed by atoms with Crippen LogP contribution in [0.5, 0.6) is 0 Å². The Morgan fingerprint density at radius 3 is 2.83 bits per heavy atom. The van der Waals surface area contributed by atoms with Crippen molar-refractivity contribution in [2.45, 2.75) is 31.8 Å². The van der Waals surface area contributed by atoms with Gasteiger partial charge in [0.25, 0.3) is 10.1 Å². The standard InChI is InChI=1S/C8H14O3S/c1-12(9,10)11-8-6-4-2-3-5-7-8/h4,6,8H,2-3,5,7H2,1H3/t8-/m1/s1. The zero-order chi connectivity index (χ0) is 9.03. The van der Waals surface area contributed by atoms with Gasteiger partial charge in [0, 0.05) is 0 Å². The van der Waals surface area contributed by atoms with E-state index in [0.717, 1.165) is 31.9 Å². The molecule has 0 aromatic carbocycles. The van der Waals surface area contributed by atoms with Crippen LogP contribution in [-0.2, 0) is 14.3 Å². The minimum absolute atomic E-state index is 0.234. The fraction of sp³-hybridized carbons (Fsp3) is 0.750. The van der Waals surface area contributed by atoms with Gasteiger partial charge in [0.05, 0.1) is 12.4 Å². The summed E-state index contributed by atoms with van der Waals surface area (Å²) >= 11 is 0. The van der Waals surface area contributed by atoms with E-state index in [1.54, 1.807) is 0 Å². The lowest BCUT2D eigenvalue weighted by atomic mass is 10.2. The fourth-order valence-electron chi connectivity index (χ4n) is 1.26. The number of hydrogen-bond acceptors (Lipinski definition) is 3. The van der Waals surface area contributed by atoms with E-state index in [1.165, 1.54) is 0 Å². The number of rotatable bonds is 2. The SMILES string of the molecule is CS(=O)(=O)O[C@@H]1C=CCCCC1. The van der Waals surface area contributed by atoms with Crippen molar-refractivity contribution < 1.29 is 12.6 Å². The van der Waals surface area contributed by atoms with E-state index < -0.39 is 10.1 Å². The smallest absolute Gasteiger partial charge is 0.263 e. The lowest BCUT2D eigenvalue weighted by Crippen LogP contribution is -2.14. The van der Waals surface area contributed by atoms with Gasteiger partial charge in [0.1, 0.15) is 0 Å². The summed E-state index contributed by atoms with van der Waals surface area (Å²) < 4.78 is 26.4. The highest BCUT2D eigenvalue weighted by atomic mass is 32.2. The van der Waals surface area contributed by atoms with E-state index in [2.05, 4.69) is 0 Å². The molecule has 0 aromatic heterocycles. The van der Waals surface area contributed by atoms with E-state index >= 15 is 0 Å². The average molecular weight is 190 g/mol. The second kappa shape index (κ2) is 4.05. The molecule has 1 aliphatic rings. The second-order valence-electron chi connectivity index (χ2n) is 3.05. The minimum Gasteiger partial charge on any atom is -0.263 e. The summed E-state index contributed by atoms with van der Waals surface area (Å²) in [5.41, 5.74) is 0. The van der Waals surface area contributed by atoms with Gasteiger partial charge < -0.3 is 0 Å². The van der Waals surface area contributed by atoms with Gasteiger partial charge in [0.15, 0.2) is 0 Å². The quantitative estimate of drug-likeness (QED) is 0.489. The molecule has 0 radical (unpaired) electrons. The third-order valence-corrected chi connectivity index (χ3v) is 2.36. The van der Waals surface area contributed by atoms with Gasteiger partial charge in [-0.3, -0.25) is 4.18 Å². The molecule has 0 bridgehead atoms. The van der Waals surface area contributed by atoms with Crippen LogP contribution >= 0.6 is 0 Å². The Bertz CT molecular complexity index is 253. The van der Waals surface area contributed by atoms with Gasteiger partial charge in [0.2, 0.25) is 0 Å². The predicted molar refractivity (Wildman–Crippen MR) is 47.3 cm³/mol. The van der Waals surface area contributed by atoms with Crippen LogP contribution in [0, 0.1) is 0 Å². The predicted octanol–water partition coefficient (Wildman–Crippen LogP) is 1.46. The molecule has 3 nitrogen and oxygen atoms in total. The maximum atomic E-state index is 10.8. The molecule has 0 fully saturated rings. The summed E-state index contributed by atoms with van der Waals surface area (Å²) in [6, 6.07) is 0. The van der Waals surface area contributed by atoms with E-state index in [4.69, 9.17) is 4.18 Å². The van der Waals surface area contributed by atoms with Crippen molar-refractivity contribution in [3.63, 3.8) is 0 Å². The zero-order valence-corrected chi connectivity index (χ0v) is 8.01. The van der Waals surface area contributed by atoms with Crippen molar-refractivity contribution in [3.8, 4) is 0 Å². The Balaban J connectivity index is 2.51. The van der Waals surface area contributed by atoms with Gasteiger partial charge in [-0.15, -0.1) is 0 Å². The van der Waals surface area contributed by atoms with Crippen molar-refractivity contribution >= 4 is 10.1 Å². The summed E-state index contributed by atoms with van der Waals surface area (Å²) in [6.45, 7) is 0. The summed E-state index contributed by atoms with van der Waals surface area (Å²) in [4.78, 5) is 0. The molecule has 12 heavy (non-hydrogen) atoms. The maximum absolute atomic E-state index is 10.8. The molecule has 0 heterocycles. The minimum atomic E-state index is -3.29. The summed E-state index contributed by atoms with van der Waals surface area (Å²) in [6.07, 6.45) is 8.69. The van der Waals surface area contributed by atoms with Crippen LogP contribution in [0.1, 0.15) is 25.7 Å². The summed E-state index contributed by atoms with van der Waals surface area (Å²) in [5.74, 6) is 0. The molecule has 1 rings (SSSR count). The molecule has 0 saturated heterocycles. The molecule has 4 heteroatoms. The molecular formula is C8H14O3S. The van der Waals surface area contributed by atoms with Gasteiger partial charge in [-0.1, -0.05) is 18.6 Å². The topological polar surface area (TPSA) is 43.4 Å². The molecule has 0 N–H and O–H groups in total. The average Bonchev–Trinajstić information content (AvgIpc) is 2.12. The normalized spacial score (nSPS) is 25.2. The van der Waals surface area contributed by atoms with Crippen LogP contribution in [0.15, 0.2) is 12.2 Å². The molecule has 0 saturated carbocycles. The highest BCUT2D eigenvalue weighted by molar-refractivity contribution is 7.86. The molecule has 0 spiro atoms. The van der Waals surface area contributed by atoms with E-state index in [0.29, 0.717) is 0 Å². The van der Waals surface area contributed by atoms with E-state index in [-0.39, 0.29) is 6.10 Å². The molecule has 70 valence electrons. The van der Waals surface area contributed by atoms with Crippen molar-refractivity contribution in [1.29, 1.82) is 0 Å². The Hall–Kier alpha value is -0.350. The zero-order valence-electron chi connectivity index (χ0n) is 7.19. The van der Waals surface area contributed by atoms with Crippen LogP contribution in [-0.4, -0.2) is 20.8 Å². The summed E-state index contributed by atoms with van der Waals surface area (Å²) in [5, 5.41) is 0. The van der Waals surface area contributed by atoms with Crippen molar-refractivity contribution in [2.75, 3.05) is 6.26 Å². The fourth-order valence-corrected chi connectivity index (χ4v) is 1.87. The second-order valence-corrected chi connectivity index (χ2v) is 4.65. The van der Waals surface area contributed by atoms with Crippen molar-refractivity contribution in [1.82, 2.24) is 0 Å². The highest BCUT2D eigenvalue weighted by Gasteiger charge is 2.13. The number of allylic oxidation sites excluding steroid dienone is 1. The molecule has 0 aliphatic heterocycles. The van der Waals surface area contributed by atoms with Crippen molar-refractivity contribution in [2.24, 2.45) is 0 Å². The lowest BCUT2D eigenvalue weighted by Gasteiger charge is -2.09. The maximum Gasteiger partial charge on any atom is 0.264 e. The van der Waals surface area contributed by atoms with Crippen LogP contribution in [0.25, 0.3) is 0 Å². The Kier molecular flexibility index (Phi) is 3.29. The van der Waals surface area contributed by atoms with Gasteiger partial charge in [-0.2, -0.15) is 8.42 Å². The molecule has 0 aromatic rings. The van der Waals surface area contributed by atoms with Gasteiger partial charge >= 0.3 is 0 Å². The van der Waals surface area contributed by atoms with E-state index in [9.17, 15) is 8.42 Å². The third-order valence-electron chi connectivity index (χ3n) is 1.76. The largest absolute Gasteiger partial charge is 0.264 e. The molecule has 1 aliphatic carbocycles. The van der Waals surface area contributed by atoms with Crippen LogP contribution in [0.3, 0.4) is 0 Å².